The van der Waals surface area contributed by atoms with Crippen LogP contribution in [-0.2, 0) is 11.3 Å². The van der Waals surface area contributed by atoms with Crippen LogP contribution >= 0.6 is 0 Å². The van der Waals surface area contributed by atoms with Crippen LogP contribution in [0.4, 0.5) is 0 Å². The number of carbonyl (C=O) groups excluding carboxylic acids is 1. The van der Waals surface area contributed by atoms with Crippen molar-refractivity contribution in [3.63, 3.8) is 0 Å². The molecular formula is C13H19N5O3. The normalized spacial score (nSPS) is 25.5. The summed E-state index contributed by atoms with van der Waals surface area (Å²) in [4.78, 5) is 25.2. The minimum Gasteiger partial charge on any atom is -0.476 e. The Bertz CT molecular complexity index is 544. The largest absolute Gasteiger partial charge is 0.476 e. The highest BCUT2D eigenvalue weighted by molar-refractivity contribution is 5.84. The van der Waals surface area contributed by atoms with E-state index in [0.29, 0.717) is 6.04 Å². The summed E-state index contributed by atoms with van der Waals surface area (Å²) in [6, 6.07) is 0.647. The lowest BCUT2D eigenvalue weighted by Gasteiger charge is -2.32. The van der Waals surface area contributed by atoms with Crippen molar-refractivity contribution >= 4 is 11.9 Å². The summed E-state index contributed by atoms with van der Waals surface area (Å²) in [6.45, 7) is 2.17. The lowest BCUT2D eigenvalue weighted by atomic mass is 9.99. The molecule has 2 fully saturated rings. The first-order valence-electron chi connectivity index (χ1n) is 7.30. The van der Waals surface area contributed by atoms with Crippen molar-refractivity contribution in [2.75, 3.05) is 13.1 Å². The van der Waals surface area contributed by atoms with Gasteiger partial charge in [0, 0.05) is 18.6 Å². The number of hydrogen-bond acceptors (Lipinski definition) is 5. The number of hydrogen-bond donors (Lipinski definition) is 2. The molecule has 0 spiro atoms. The Morgan fingerprint density at radius 2 is 2.19 bits per heavy atom. The highest BCUT2D eigenvalue weighted by atomic mass is 16.4. The number of rotatable bonds is 4. The van der Waals surface area contributed by atoms with E-state index in [4.69, 9.17) is 5.11 Å². The second-order valence-electron chi connectivity index (χ2n) is 5.67. The van der Waals surface area contributed by atoms with E-state index in [1.165, 1.54) is 23.7 Å². The fourth-order valence-corrected chi connectivity index (χ4v) is 3.29. The molecule has 0 aromatic carbocycles. The van der Waals surface area contributed by atoms with E-state index >= 15 is 0 Å². The Kier molecular flexibility index (Phi) is 3.87. The van der Waals surface area contributed by atoms with E-state index in [2.05, 4.69) is 20.5 Å². The van der Waals surface area contributed by atoms with Crippen LogP contribution in [0.1, 0.15) is 36.2 Å². The number of piperidine rings is 1. The van der Waals surface area contributed by atoms with Crippen LogP contribution in [0.2, 0.25) is 0 Å². The van der Waals surface area contributed by atoms with Crippen LogP contribution < -0.4 is 5.32 Å². The van der Waals surface area contributed by atoms with Gasteiger partial charge in [0.05, 0.1) is 6.20 Å². The minimum atomic E-state index is -1.14. The fraction of sp³-hybridized carbons (Fsp3) is 0.692. The highest BCUT2D eigenvalue weighted by Crippen LogP contribution is 2.27. The summed E-state index contributed by atoms with van der Waals surface area (Å²) in [5.74, 6) is -1.29. The molecule has 2 unspecified atom stereocenters. The minimum absolute atomic E-state index is 0.00347. The molecule has 0 radical (unpaired) electrons. The molecule has 3 rings (SSSR count). The Labute approximate surface area is 122 Å². The quantitative estimate of drug-likeness (QED) is 0.792. The SMILES string of the molecule is O=C(Cn1cc(C(=O)O)nn1)NC1CCN2CCCCC12. The lowest BCUT2D eigenvalue weighted by molar-refractivity contribution is -0.122. The van der Waals surface area contributed by atoms with E-state index < -0.39 is 5.97 Å². The predicted octanol–water partition coefficient (Wildman–Crippen LogP) is -0.281. The molecule has 2 atom stereocenters. The van der Waals surface area contributed by atoms with Crippen LogP contribution in [0.25, 0.3) is 0 Å². The highest BCUT2D eigenvalue weighted by Gasteiger charge is 2.36. The van der Waals surface area contributed by atoms with Gasteiger partial charge in [0.15, 0.2) is 5.69 Å². The standard InChI is InChI=1S/C13H19N5O3/c19-12(8-18-7-10(13(20)21)15-16-18)14-9-4-6-17-5-2-1-3-11(9)17/h7,9,11H,1-6,8H2,(H,14,19)(H,20,21). The van der Waals surface area contributed by atoms with Crippen molar-refractivity contribution in [3.05, 3.63) is 11.9 Å². The number of carboxylic acids is 1. The predicted molar refractivity (Wildman–Crippen MR) is 72.7 cm³/mol. The maximum absolute atomic E-state index is 12.1. The summed E-state index contributed by atoms with van der Waals surface area (Å²) >= 11 is 0. The second kappa shape index (κ2) is 5.80. The van der Waals surface area contributed by atoms with E-state index in [1.54, 1.807) is 0 Å². The molecule has 2 aliphatic rings. The summed E-state index contributed by atoms with van der Waals surface area (Å²) in [5.41, 5.74) is -0.151. The van der Waals surface area contributed by atoms with Gasteiger partial charge in [0.2, 0.25) is 5.91 Å². The third-order valence-electron chi connectivity index (χ3n) is 4.27. The van der Waals surface area contributed by atoms with Gasteiger partial charge in [-0.1, -0.05) is 11.6 Å². The number of nitrogens with one attached hydrogen (secondary N) is 1. The molecule has 8 nitrogen and oxygen atoms in total. The Hall–Kier alpha value is -1.96. The molecule has 1 amide bonds. The van der Waals surface area contributed by atoms with Gasteiger partial charge in [-0.05, 0) is 25.8 Å². The van der Waals surface area contributed by atoms with Crippen molar-refractivity contribution in [1.82, 2.24) is 25.2 Å². The summed E-state index contributed by atoms with van der Waals surface area (Å²) in [6.07, 6.45) is 5.85. The molecular weight excluding hydrogens is 274 g/mol. The number of carboxylic acid groups (broad SMARTS) is 1. The van der Waals surface area contributed by atoms with Gasteiger partial charge in [0.1, 0.15) is 6.54 Å². The van der Waals surface area contributed by atoms with Gasteiger partial charge in [-0.3, -0.25) is 9.69 Å². The van der Waals surface area contributed by atoms with E-state index in [-0.39, 0.29) is 24.2 Å². The number of fused-ring (bicyclic) bond motifs is 1. The van der Waals surface area contributed by atoms with Gasteiger partial charge in [-0.25, -0.2) is 9.48 Å². The number of nitrogens with zero attached hydrogens (tertiary/aromatic N) is 4. The van der Waals surface area contributed by atoms with Gasteiger partial charge >= 0.3 is 5.97 Å². The van der Waals surface area contributed by atoms with Gasteiger partial charge < -0.3 is 10.4 Å². The summed E-state index contributed by atoms with van der Waals surface area (Å²) < 4.78 is 1.26. The molecule has 114 valence electrons. The molecule has 2 aliphatic heterocycles. The first kappa shape index (κ1) is 14.0. The van der Waals surface area contributed by atoms with Crippen LogP contribution in [-0.4, -0.2) is 62.0 Å². The number of aromatic carboxylic acids is 1. The first-order chi connectivity index (χ1) is 10.1. The third-order valence-corrected chi connectivity index (χ3v) is 4.27. The molecule has 1 aromatic heterocycles. The van der Waals surface area contributed by atoms with Crippen LogP contribution in [0.3, 0.4) is 0 Å². The van der Waals surface area contributed by atoms with E-state index in [9.17, 15) is 9.59 Å². The van der Waals surface area contributed by atoms with Gasteiger partial charge in [-0.2, -0.15) is 0 Å². The topological polar surface area (TPSA) is 100 Å². The molecule has 1 aromatic rings. The van der Waals surface area contributed by atoms with Crippen molar-refractivity contribution in [2.24, 2.45) is 0 Å². The Morgan fingerprint density at radius 1 is 1.33 bits per heavy atom. The summed E-state index contributed by atoms with van der Waals surface area (Å²) in [7, 11) is 0. The second-order valence-corrected chi connectivity index (χ2v) is 5.67. The number of amides is 1. The van der Waals surface area contributed by atoms with Crippen molar-refractivity contribution < 1.29 is 14.7 Å². The summed E-state index contributed by atoms with van der Waals surface area (Å²) in [5, 5.41) is 19.0. The molecule has 0 saturated carbocycles. The number of aromatic nitrogens is 3. The molecule has 0 bridgehead atoms. The van der Waals surface area contributed by atoms with Crippen molar-refractivity contribution in [3.8, 4) is 0 Å². The molecule has 2 saturated heterocycles. The van der Waals surface area contributed by atoms with E-state index in [0.717, 1.165) is 25.9 Å². The zero-order valence-electron chi connectivity index (χ0n) is 11.7. The average molecular weight is 293 g/mol. The first-order valence-corrected chi connectivity index (χ1v) is 7.30. The van der Waals surface area contributed by atoms with Crippen LogP contribution in [0, 0.1) is 0 Å². The Morgan fingerprint density at radius 3 is 2.95 bits per heavy atom. The lowest BCUT2D eigenvalue weighted by Crippen LogP contribution is -2.47. The third kappa shape index (κ3) is 3.05. The van der Waals surface area contributed by atoms with E-state index in [1.807, 2.05) is 0 Å². The number of carbonyl (C=O) groups is 2. The molecule has 8 heteroatoms. The fourth-order valence-electron chi connectivity index (χ4n) is 3.29. The zero-order valence-corrected chi connectivity index (χ0v) is 11.7. The van der Waals surface area contributed by atoms with Crippen LogP contribution in [0.15, 0.2) is 6.20 Å². The smallest absolute Gasteiger partial charge is 0.358 e. The maximum Gasteiger partial charge on any atom is 0.358 e. The zero-order chi connectivity index (χ0) is 14.8. The monoisotopic (exact) mass is 293 g/mol. The Balaban J connectivity index is 1.55. The molecule has 3 heterocycles. The molecule has 0 aliphatic carbocycles. The van der Waals surface area contributed by atoms with Crippen molar-refractivity contribution in [1.29, 1.82) is 0 Å². The van der Waals surface area contributed by atoms with Crippen LogP contribution in [0.5, 0.6) is 0 Å². The van der Waals surface area contributed by atoms with Gasteiger partial charge in [-0.15, -0.1) is 5.10 Å². The average Bonchev–Trinajstić information content (AvgIpc) is 3.07. The van der Waals surface area contributed by atoms with Crippen molar-refractivity contribution in [2.45, 2.75) is 44.3 Å². The molecule has 2 N–H and O–H groups in total. The van der Waals surface area contributed by atoms with Gasteiger partial charge in [0.25, 0.3) is 0 Å². The molecule has 21 heavy (non-hydrogen) atoms. The maximum atomic E-state index is 12.1.